The second-order valence-electron chi connectivity index (χ2n) is 5.68. The van der Waals surface area contributed by atoms with Crippen molar-refractivity contribution in [3.8, 4) is 0 Å². The average molecular weight is 338 g/mol. The highest BCUT2D eigenvalue weighted by atomic mass is 19.4. The Kier molecular flexibility index (Phi) is 4.89. The van der Waals surface area contributed by atoms with Gasteiger partial charge in [-0.15, -0.1) is 0 Å². The molecule has 24 heavy (non-hydrogen) atoms. The van der Waals surface area contributed by atoms with Crippen molar-refractivity contribution in [3.63, 3.8) is 0 Å². The van der Waals surface area contributed by atoms with E-state index in [0.29, 0.717) is 13.1 Å². The quantitative estimate of drug-likeness (QED) is 0.923. The number of anilines is 1. The predicted octanol–water partition coefficient (Wildman–Crippen LogP) is 2.36. The first-order valence-corrected chi connectivity index (χ1v) is 7.65. The summed E-state index contributed by atoms with van der Waals surface area (Å²) in [7, 11) is 0. The molecule has 128 valence electrons. The molecule has 3 rings (SSSR count). The minimum absolute atomic E-state index is 0.00101. The van der Waals surface area contributed by atoms with Crippen LogP contribution in [0, 0.1) is 0 Å². The van der Waals surface area contributed by atoms with E-state index in [0.717, 1.165) is 37.3 Å². The Hall–Kier alpha value is -2.29. The normalized spacial score (nSPS) is 19.2. The molecule has 0 bridgehead atoms. The summed E-state index contributed by atoms with van der Waals surface area (Å²) in [5.41, 5.74) is -0.0688. The Morgan fingerprint density at radius 1 is 1.21 bits per heavy atom. The van der Waals surface area contributed by atoms with E-state index >= 15 is 0 Å². The lowest BCUT2D eigenvalue weighted by Crippen LogP contribution is -2.42. The minimum atomic E-state index is -4.47. The minimum Gasteiger partial charge on any atom is -0.350 e. The molecule has 1 saturated heterocycles. The number of aromatic nitrogens is 4. The van der Waals surface area contributed by atoms with Gasteiger partial charge in [-0.05, 0) is 25.5 Å². The molecule has 1 aliphatic rings. The Morgan fingerprint density at radius 3 is 2.83 bits per heavy atom. The molecule has 0 spiro atoms. The zero-order valence-electron chi connectivity index (χ0n) is 12.9. The molecule has 9 heteroatoms. The first-order chi connectivity index (χ1) is 11.5. The molecule has 1 aliphatic heterocycles. The van der Waals surface area contributed by atoms with Crippen molar-refractivity contribution in [1.82, 2.24) is 24.8 Å². The van der Waals surface area contributed by atoms with Crippen molar-refractivity contribution in [2.24, 2.45) is 0 Å². The van der Waals surface area contributed by atoms with Crippen LogP contribution < -0.4 is 5.32 Å². The van der Waals surface area contributed by atoms with Crippen LogP contribution in [0.25, 0.3) is 0 Å². The third kappa shape index (κ3) is 4.38. The van der Waals surface area contributed by atoms with E-state index in [1.807, 2.05) is 0 Å². The highest BCUT2D eigenvalue weighted by Crippen LogP contribution is 2.27. The van der Waals surface area contributed by atoms with Crippen LogP contribution in [0.4, 0.5) is 19.1 Å². The topological polar surface area (TPSA) is 66.8 Å². The van der Waals surface area contributed by atoms with Gasteiger partial charge in [-0.3, -0.25) is 14.9 Å². The van der Waals surface area contributed by atoms with Gasteiger partial charge in [0.25, 0.3) is 0 Å². The molecule has 1 unspecified atom stereocenters. The molecule has 1 N–H and O–H groups in total. The van der Waals surface area contributed by atoms with Crippen LogP contribution in [0.3, 0.4) is 0 Å². The van der Waals surface area contributed by atoms with Gasteiger partial charge in [0.15, 0.2) is 0 Å². The van der Waals surface area contributed by atoms with Gasteiger partial charge in [0.2, 0.25) is 5.95 Å². The fourth-order valence-electron chi connectivity index (χ4n) is 2.73. The maximum atomic E-state index is 12.7. The van der Waals surface area contributed by atoms with Gasteiger partial charge in [-0.2, -0.15) is 13.2 Å². The molecule has 0 radical (unpaired) electrons. The molecule has 6 nitrogen and oxygen atoms in total. The van der Waals surface area contributed by atoms with Crippen molar-refractivity contribution in [3.05, 3.63) is 42.2 Å². The largest absolute Gasteiger partial charge is 0.433 e. The molecular formula is C15H17F3N6. The van der Waals surface area contributed by atoms with Gasteiger partial charge < -0.3 is 5.32 Å². The number of halogens is 3. The van der Waals surface area contributed by atoms with Gasteiger partial charge in [0.1, 0.15) is 5.69 Å². The van der Waals surface area contributed by atoms with E-state index in [1.54, 1.807) is 18.6 Å². The van der Waals surface area contributed by atoms with Gasteiger partial charge in [0.05, 0.1) is 5.69 Å². The second-order valence-corrected chi connectivity index (χ2v) is 5.68. The van der Waals surface area contributed by atoms with E-state index in [4.69, 9.17) is 0 Å². The summed E-state index contributed by atoms with van der Waals surface area (Å²) in [6, 6.07) is 0.866. The highest BCUT2D eigenvalue weighted by molar-refractivity contribution is 5.28. The summed E-state index contributed by atoms with van der Waals surface area (Å²) >= 11 is 0. The number of nitrogens with zero attached hydrogens (tertiary/aromatic N) is 5. The van der Waals surface area contributed by atoms with Crippen molar-refractivity contribution >= 4 is 5.95 Å². The molecule has 3 heterocycles. The van der Waals surface area contributed by atoms with Crippen LogP contribution in [0.15, 0.2) is 30.9 Å². The Balaban J connectivity index is 1.61. The fraction of sp³-hybridized carbons (Fsp3) is 0.467. The number of rotatable bonds is 4. The lowest BCUT2D eigenvalue weighted by Gasteiger charge is -2.32. The van der Waals surface area contributed by atoms with E-state index < -0.39 is 11.9 Å². The van der Waals surface area contributed by atoms with E-state index in [-0.39, 0.29) is 12.0 Å². The number of piperidine rings is 1. The molecule has 0 aromatic carbocycles. The van der Waals surface area contributed by atoms with Gasteiger partial charge in [0, 0.05) is 43.9 Å². The van der Waals surface area contributed by atoms with E-state index in [1.165, 1.54) is 0 Å². The summed E-state index contributed by atoms with van der Waals surface area (Å²) in [5.74, 6) is 0.0103. The van der Waals surface area contributed by atoms with Crippen molar-refractivity contribution in [1.29, 1.82) is 0 Å². The van der Waals surface area contributed by atoms with Crippen LogP contribution in [0.1, 0.15) is 24.2 Å². The van der Waals surface area contributed by atoms with Crippen molar-refractivity contribution in [2.75, 3.05) is 18.4 Å². The van der Waals surface area contributed by atoms with Crippen LogP contribution in [-0.4, -0.2) is 44.0 Å². The summed E-state index contributed by atoms with van der Waals surface area (Å²) in [4.78, 5) is 17.9. The number of nitrogens with one attached hydrogen (secondary N) is 1. The van der Waals surface area contributed by atoms with Gasteiger partial charge in [-0.1, -0.05) is 0 Å². The third-order valence-corrected chi connectivity index (χ3v) is 3.79. The zero-order chi connectivity index (χ0) is 17.0. The first-order valence-electron chi connectivity index (χ1n) is 7.65. The van der Waals surface area contributed by atoms with Gasteiger partial charge >= 0.3 is 6.18 Å². The number of hydrogen-bond donors (Lipinski definition) is 1. The molecule has 0 amide bonds. The molecule has 1 atom stereocenters. The first kappa shape index (κ1) is 16.6. The number of alkyl halides is 3. The monoisotopic (exact) mass is 338 g/mol. The molecule has 2 aromatic rings. The smallest absolute Gasteiger partial charge is 0.350 e. The zero-order valence-corrected chi connectivity index (χ0v) is 12.9. The highest BCUT2D eigenvalue weighted by Gasteiger charge is 2.33. The summed E-state index contributed by atoms with van der Waals surface area (Å²) in [5, 5.41) is 3.01. The Labute approximate surface area is 137 Å². The van der Waals surface area contributed by atoms with E-state index in [9.17, 15) is 13.2 Å². The van der Waals surface area contributed by atoms with Crippen LogP contribution in [0.2, 0.25) is 0 Å². The Bertz CT molecular complexity index is 664. The predicted molar refractivity (Wildman–Crippen MR) is 81.0 cm³/mol. The second kappa shape index (κ2) is 7.08. The number of hydrogen-bond acceptors (Lipinski definition) is 6. The van der Waals surface area contributed by atoms with Gasteiger partial charge in [-0.25, -0.2) is 9.97 Å². The fourth-order valence-corrected chi connectivity index (χ4v) is 2.73. The van der Waals surface area contributed by atoms with Crippen LogP contribution in [0.5, 0.6) is 0 Å². The summed E-state index contributed by atoms with van der Waals surface area (Å²) < 4.78 is 38.1. The maximum absolute atomic E-state index is 12.7. The van der Waals surface area contributed by atoms with Crippen molar-refractivity contribution < 1.29 is 13.2 Å². The van der Waals surface area contributed by atoms with Crippen molar-refractivity contribution in [2.45, 2.75) is 31.6 Å². The van der Waals surface area contributed by atoms with Crippen LogP contribution >= 0.6 is 0 Å². The third-order valence-electron chi connectivity index (χ3n) is 3.79. The molecule has 1 fully saturated rings. The Morgan fingerprint density at radius 2 is 2.08 bits per heavy atom. The average Bonchev–Trinajstić information content (AvgIpc) is 2.56. The standard InChI is InChI=1S/C15H17F3N6/c16-15(17,18)13-3-4-21-14(23-13)22-11-2-1-7-24(9-11)10-12-8-19-5-6-20-12/h3-6,8,11H,1-2,7,9-10H2,(H,21,22,23). The number of likely N-dealkylation sites (tertiary alicyclic amines) is 1. The maximum Gasteiger partial charge on any atom is 0.433 e. The van der Waals surface area contributed by atoms with Crippen LogP contribution in [-0.2, 0) is 12.7 Å². The SMILES string of the molecule is FC(F)(F)c1ccnc(NC2CCCN(Cc3cnccn3)C2)n1. The molecular weight excluding hydrogens is 321 g/mol. The lowest BCUT2D eigenvalue weighted by molar-refractivity contribution is -0.141. The lowest BCUT2D eigenvalue weighted by atomic mass is 10.1. The summed E-state index contributed by atoms with van der Waals surface area (Å²) in [6.45, 7) is 2.27. The molecule has 0 aliphatic carbocycles. The molecule has 0 saturated carbocycles. The van der Waals surface area contributed by atoms with E-state index in [2.05, 4.69) is 30.2 Å². The summed E-state index contributed by atoms with van der Waals surface area (Å²) in [6.07, 6.45) is 3.43. The molecule has 2 aromatic heterocycles.